The van der Waals surface area contributed by atoms with Gasteiger partial charge in [-0.25, -0.2) is 0 Å². The van der Waals surface area contributed by atoms with Crippen LogP contribution in [0.2, 0.25) is 0 Å². The molecule has 0 unspecified atom stereocenters. The molecule has 0 radical (unpaired) electrons. The van der Waals surface area contributed by atoms with Crippen LogP contribution in [0.1, 0.15) is 27.9 Å². The second-order valence-electron chi connectivity index (χ2n) is 5.23. The molecule has 21 heavy (non-hydrogen) atoms. The van der Waals surface area contributed by atoms with E-state index in [-0.39, 0.29) is 5.91 Å². The number of nitrogens with zero attached hydrogens (tertiary/aromatic N) is 2. The number of anilines is 1. The van der Waals surface area contributed by atoms with Crippen LogP contribution < -0.4 is 5.32 Å². The van der Waals surface area contributed by atoms with Crippen molar-refractivity contribution in [3.05, 3.63) is 53.1 Å². The first-order chi connectivity index (χ1) is 10.3. The summed E-state index contributed by atoms with van der Waals surface area (Å²) in [5.74, 6) is -0.133. The minimum Gasteiger partial charge on any atom is -0.322 e. The Hall–Kier alpha value is -2.27. The number of hydrogen-bond acceptors (Lipinski definition) is 4. The molecule has 1 aliphatic rings. The third-order valence-corrected chi connectivity index (χ3v) is 4.43. The van der Waals surface area contributed by atoms with Gasteiger partial charge in [0.1, 0.15) is 11.0 Å². The predicted octanol–water partition coefficient (Wildman–Crippen LogP) is 3.43. The van der Waals surface area contributed by atoms with E-state index in [0.717, 1.165) is 35.8 Å². The molecule has 0 spiro atoms. The normalized spacial score (nSPS) is 13.3. The molecule has 0 saturated heterocycles. The van der Waals surface area contributed by atoms with Gasteiger partial charge >= 0.3 is 0 Å². The maximum Gasteiger partial charge on any atom is 0.257 e. The maximum atomic E-state index is 12.5. The Balaban J connectivity index is 1.65. The minimum atomic E-state index is -0.133. The van der Waals surface area contributed by atoms with Crippen LogP contribution in [0.5, 0.6) is 0 Å². The SMILES string of the molecule is O=C(Nc1ccc2c(c1)CCC2)c1cccc2nsnc12. The number of carbonyl (C=O) groups is 1. The van der Waals surface area contributed by atoms with Crippen molar-refractivity contribution in [2.45, 2.75) is 19.3 Å². The predicted molar refractivity (Wildman–Crippen MR) is 83.8 cm³/mol. The van der Waals surface area contributed by atoms with Gasteiger partial charge in [0.15, 0.2) is 0 Å². The van der Waals surface area contributed by atoms with Gasteiger partial charge in [-0.3, -0.25) is 4.79 Å². The van der Waals surface area contributed by atoms with Gasteiger partial charge in [-0.05, 0) is 54.7 Å². The van der Waals surface area contributed by atoms with Crippen molar-refractivity contribution in [3.8, 4) is 0 Å². The van der Waals surface area contributed by atoms with Crippen LogP contribution in [-0.2, 0) is 12.8 Å². The number of aryl methyl sites for hydroxylation is 2. The van der Waals surface area contributed by atoms with Crippen LogP contribution in [0.15, 0.2) is 36.4 Å². The van der Waals surface area contributed by atoms with Gasteiger partial charge in [0.2, 0.25) is 0 Å². The van der Waals surface area contributed by atoms with E-state index in [2.05, 4.69) is 26.2 Å². The Labute approximate surface area is 126 Å². The second kappa shape index (κ2) is 4.93. The molecule has 0 atom stereocenters. The van der Waals surface area contributed by atoms with Gasteiger partial charge in [0, 0.05) is 5.69 Å². The van der Waals surface area contributed by atoms with Crippen LogP contribution in [-0.4, -0.2) is 14.7 Å². The molecule has 3 aromatic rings. The monoisotopic (exact) mass is 295 g/mol. The number of rotatable bonds is 2. The lowest BCUT2D eigenvalue weighted by atomic mass is 10.1. The van der Waals surface area contributed by atoms with Crippen LogP contribution in [0.3, 0.4) is 0 Å². The Morgan fingerprint density at radius 2 is 2.00 bits per heavy atom. The number of aromatic nitrogens is 2. The number of carbonyl (C=O) groups excluding carboxylic acids is 1. The zero-order chi connectivity index (χ0) is 14.2. The largest absolute Gasteiger partial charge is 0.322 e. The summed E-state index contributed by atoms with van der Waals surface area (Å²) in [6, 6.07) is 11.7. The summed E-state index contributed by atoms with van der Waals surface area (Å²) in [6.07, 6.45) is 3.45. The molecule has 5 heteroatoms. The highest BCUT2D eigenvalue weighted by Gasteiger charge is 2.15. The standard InChI is InChI=1S/C16H13N3OS/c20-16(13-5-2-6-14-15(13)19-21-18-14)17-12-8-7-10-3-1-4-11(10)9-12/h2,5-9H,1,3-4H2,(H,17,20). The zero-order valence-corrected chi connectivity index (χ0v) is 12.1. The van der Waals surface area contributed by atoms with E-state index in [4.69, 9.17) is 0 Å². The summed E-state index contributed by atoms with van der Waals surface area (Å²) in [5.41, 5.74) is 5.60. The van der Waals surface area contributed by atoms with E-state index in [1.54, 1.807) is 6.07 Å². The molecular weight excluding hydrogens is 282 g/mol. The van der Waals surface area contributed by atoms with E-state index in [0.29, 0.717) is 11.1 Å². The van der Waals surface area contributed by atoms with Crippen molar-refractivity contribution >= 4 is 34.4 Å². The van der Waals surface area contributed by atoms with E-state index >= 15 is 0 Å². The first kappa shape index (κ1) is 12.5. The summed E-state index contributed by atoms with van der Waals surface area (Å²) >= 11 is 1.13. The summed E-state index contributed by atoms with van der Waals surface area (Å²) in [5, 5.41) is 2.97. The van der Waals surface area contributed by atoms with Crippen LogP contribution >= 0.6 is 11.7 Å². The highest BCUT2D eigenvalue weighted by atomic mass is 32.1. The first-order valence-corrected chi connectivity index (χ1v) is 7.69. The molecule has 1 N–H and O–H groups in total. The van der Waals surface area contributed by atoms with Gasteiger partial charge in [0.25, 0.3) is 5.91 Å². The number of hydrogen-bond donors (Lipinski definition) is 1. The molecule has 104 valence electrons. The minimum absolute atomic E-state index is 0.133. The smallest absolute Gasteiger partial charge is 0.257 e. The molecule has 4 nitrogen and oxygen atoms in total. The van der Waals surface area contributed by atoms with Crippen molar-refractivity contribution < 1.29 is 4.79 Å². The molecule has 2 aromatic carbocycles. The van der Waals surface area contributed by atoms with Gasteiger partial charge in [-0.2, -0.15) is 8.75 Å². The van der Waals surface area contributed by atoms with Crippen molar-refractivity contribution in [3.63, 3.8) is 0 Å². The fourth-order valence-electron chi connectivity index (χ4n) is 2.84. The second-order valence-corrected chi connectivity index (χ2v) is 5.76. The molecule has 4 rings (SSSR count). The van der Waals surface area contributed by atoms with Gasteiger partial charge in [-0.1, -0.05) is 12.1 Å². The molecule has 1 aliphatic carbocycles. The summed E-state index contributed by atoms with van der Waals surface area (Å²) < 4.78 is 8.38. The van der Waals surface area contributed by atoms with Crippen molar-refractivity contribution in [1.82, 2.24) is 8.75 Å². The average molecular weight is 295 g/mol. The lowest BCUT2D eigenvalue weighted by Crippen LogP contribution is -2.12. The van der Waals surface area contributed by atoms with Crippen LogP contribution in [0.25, 0.3) is 11.0 Å². The topological polar surface area (TPSA) is 54.9 Å². The molecule has 0 saturated carbocycles. The van der Waals surface area contributed by atoms with Crippen molar-refractivity contribution in [2.75, 3.05) is 5.32 Å². The maximum absolute atomic E-state index is 12.5. The molecule has 1 aromatic heterocycles. The van der Waals surface area contributed by atoms with Crippen molar-refractivity contribution in [2.24, 2.45) is 0 Å². The van der Waals surface area contributed by atoms with E-state index in [1.165, 1.54) is 17.5 Å². The van der Waals surface area contributed by atoms with E-state index in [1.807, 2.05) is 18.2 Å². The summed E-state index contributed by atoms with van der Waals surface area (Å²) in [7, 11) is 0. The Morgan fingerprint density at radius 3 is 2.95 bits per heavy atom. The molecule has 0 fully saturated rings. The molecule has 0 aliphatic heterocycles. The molecular formula is C16H13N3OS. The van der Waals surface area contributed by atoms with Gasteiger partial charge in [0.05, 0.1) is 17.3 Å². The van der Waals surface area contributed by atoms with E-state index < -0.39 is 0 Å². The van der Waals surface area contributed by atoms with Crippen LogP contribution in [0, 0.1) is 0 Å². The lowest BCUT2D eigenvalue weighted by molar-refractivity contribution is 0.102. The van der Waals surface area contributed by atoms with Gasteiger partial charge in [-0.15, -0.1) is 0 Å². The first-order valence-electron chi connectivity index (χ1n) is 6.96. The number of amides is 1. The average Bonchev–Trinajstić information content (AvgIpc) is 3.14. The molecule has 1 heterocycles. The lowest BCUT2D eigenvalue weighted by Gasteiger charge is -2.07. The van der Waals surface area contributed by atoms with Crippen molar-refractivity contribution in [1.29, 1.82) is 0 Å². The Bertz CT molecular complexity index is 840. The highest BCUT2D eigenvalue weighted by Crippen LogP contribution is 2.25. The highest BCUT2D eigenvalue weighted by molar-refractivity contribution is 7.00. The molecule has 1 amide bonds. The van der Waals surface area contributed by atoms with E-state index in [9.17, 15) is 4.79 Å². The quantitative estimate of drug-likeness (QED) is 0.788. The number of nitrogens with one attached hydrogen (secondary N) is 1. The number of fused-ring (bicyclic) bond motifs is 2. The number of benzene rings is 2. The fraction of sp³-hybridized carbons (Fsp3) is 0.188. The Kier molecular flexibility index (Phi) is 2.93. The van der Waals surface area contributed by atoms with Crippen LogP contribution in [0.4, 0.5) is 5.69 Å². The third kappa shape index (κ3) is 2.19. The summed E-state index contributed by atoms with van der Waals surface area (Å²) in [4.78, 5) is 12.5. The van der Waals surface area contributed by atoms with Gasteiger partial charge < -0.3 is 5.32 Å². The third-order valence-electron chi connectivity index (χ3n) is 3.89. The molecule has 0 bridgehead atoms. The zero-order valence-electron chi connectivity index (χ0n) is 11.3. The summed E-state index contributed by atoms with van der Waals surface area (Å²) in [6.45, 7) is 0. The fourth-order valence-corrected chi connectivity index (χ4v) is 3.39. The Morgan fingerprint density at radius 1 is 1.10 bits per heavy atom.